The van der Waals surface area contributed by atoms with E-state index < -0.39 is 0 Å². The second kappa shape index (κ2) is 9.24. The van der Waals surface area contributed by atoms with E-state index in [1.165, 1.54) is 0 Å². The summed E-state index contributed by atoms with van der Waals surface area (Å²) in [6.07, 6.45) is 2.45. The minimum absolute atomic E-state index is 0.0322. The average Bonchev–Trinajstić information content (AvgIpc) is 3.15. The molecule has 0 radical (unpaired) electrons. The number of aryl methyl sites for hydroxylation is 1. The van der Waals surface area contributed by atoms with Crippen molar-refractivity contribution >= 4 is 23.4 Å². The minimum Gasteiger partial charge on any atom is -0.350 e. The molecule has 0 bridgehead atoms. The average molecular weight is 403 g/mol. The summed E-state index contributed by atoms with van der Waals surface area (Å²) in [4.78, 5) is 27.2. The van der Waals surface area contributed by atoms with Gasteiger partial charge in [-0.1, -0.05) is 32.4 Å². The highest BCUT2D eigenvalue weighted by atomic mass is 35.5. The summed E-state index contributed by atoms with van der Waals surface area (Å²) < 4.78 is 0. The zero-order valence-corrected chi connectivity index (χ0v) is 17.2. The van der Waals surface area contributed by atoms with Crippen LogP contribution in [0.1, 0.15) is 57.9 Å². The van der Waals surface area contributed by atoms with E-state index in [0.29, 0.717) is 49.1 Å². The zero-order chi connectivity index (χ0) is 20.1. The van der Waals surface area contributed by atoms with Crippen LogP contribution in [-0.2, 0) is 19.4 Å². The van der Waals surface area contributed by atoms with E-state index in [1.54, 1.807) is 4.90 Å². The van der Waals surface area contributed by atoms with Crippen LogP contribution in [0.4, 0.5) is 0 Å². The Morgan fingerprint density at radius 2 is 2.07 bits per heavy atom. The van der Waals surface area contributed by atoms with Crippen molar-refractivity contribution in [2.45, 2.75) is 39.7 Å². The van der Waals surface area contributed by atoms with Crippen LogP contribution in [0.2, 0.25) is 0 Å². The number of aromatic nitrogens is 2. The van der Waals surface area contributed by atoms with Crippen molar-refractivity contribution in [3.8, 4) is 0 Å². The molecule has 1 aliphatic heterocycles. The molecule has 1 aromatic carbocycles. The van der Waals surface area contributed by atoms with Gasteiger partial charge in [-0.3, -0.25) is 14.7 Å². The van der Waals surface area contributed by atoms with Crippen molar-refractivity contribution in [2.75, 3.05) is 19.0 Å². The number of carbonyl (C=O) groups excluding carboxylic acids is 2. The van der Waals surface area contributed by atoms with Crippen LogP contribution < -0.4 is 5.32 Å². The SMILES string of the molecule is CC[C@@H](C)CNC(=O)c1n[nH]c2c1CN(C(=O)c1ccc(CCCl)cc1)CC2. The summed E-state index contributed by atoms with van der Waals surface area (Å²) in [6, 6.07) is 7.57. The van der Waals surface area contributed by atoms with Crippen LogP contribution in [0.3, 0.4) is 0 Å². The van der Waals surface area contributed by atoms with Gasteiger partial charge in [0.15, 0.2) is 5.69 Å². The zero-order valence-electron chi connectivity index (χ0n) is 16.4. The summed E-state index contributed by atoms with van der Waals surface area (Å²) in [7, 11) is 0. The van der Waals surface area contributed by atoms with Gasteiger partial charge in [0.2, 0.25) is 0 Å². The second-order valence-corrected chi connectivity index (χ2v) is 7.74. The molecule has 1 aromatic heterocycles. The molecule has 0 saturated heterocycles. The van der Waals surface area contributed by atoms with E-state index in [2.05, 4.69) is 29.4 Å². The summed E-state index contributed by atoms with van der Waals surface area (Å²) in [5, 5.41) is 10.1. The molecule has 6 nitrogen and oxygen atoms in total. The van der Waals surface area contributed by atoms with Crippen LogP contribution in [0.15, 0.2) is 24.3 Å². The Morgan fingerprint density at radius 1 is 1.32 bits per heavy atom. The molecule has 7 heteroatoms. The number of benzene rings is 1. The van der Waals surface area contributed by atoms with Crippen molar-refractivity contribution in [1.29, 1.82) is 0 Å². The highest BCUT2D eigenvalue weighted by Gasteiger charge is 2.28. The van der Waals surface area contributed by atoms with Crippen LogP contribution in [0.25, 0.3) is 0 Å². The molecule has 0 saturated carbocycles. The van der Waals surface area contributed by atoms with Crippen molar-refractivity contribution in [2.24, 2.45) is 5.92 Å². The van der Waals surface area contributed by atoms with Gasteiger partial charge in [0.05, 0.1) is 6.54 Å². The number of hydrogen-bond donors (Lipinski definition) is 2. The Kier molecular flexibility index (Phi) is 6.73. The third-order valence-corrected chi connectivity index (χ3v) is 5.52. The van der Waals surface area contributed by atoms with Gasteiger partial charge < -0.3 is 10.2 Å². The van der Waals surface area contributed by atoms with Crippen molar-refractivity contribution in [1.82, 2.24) is 20.4 Å². The van der Waals surface area contributed by atoms with Crippen molar-refractivity contribution in [3.05, 3.63) is 52.3 Å². The number of nitrogens with zero attached hydrogens (tertiary/aromatic N) is 2. The fraction of sp³-hybridized carbons (Fsp3) is 0.476. The maximum absolute atomic E-state index is 12.9. The van der Waals surface area contributed by atoms with E-state index in [9.17, 15) is 9.59 Å². The largest absolute Gasteiger partial charge is 0.350 e. The maximum atomic E-state index is 12.9. The first-order chi connectivity index (χ1) is 13.5. The summed E-state index contributed by atoms with van der Waals surface area (Å²) in [5.41, 5.74) is 3.92. The summed E-state index contributed by atoms with van der Waals surface area (Å²) in [5.74, 6) is 0.760. The van der Waals surface area contributed by atoms with E-state index in [4.69, 9.17) is 11.6 Å². The lowest BCUT2D eigenvalue weighted by molar-refractivity contribution is 0.0731. The lowest BCUT2D eigenvalue weighted by Gasteiger charge is -2.27. The molecule has 0 fully saturated rings. The minimum atomic E-state index is -0.183. The van der Waals surface area contributed by atoms with E-state index >= 15 is 0 Å². The highest BCUT2D eigenvalue weighted by molar-refractivity contribution is 6.18. The summed E-state index contributed by atoms with van der Waals surface area (Å²) >= 11 is 5.77. The van der Waals surface area contributed by atoms with Gasteiger partial charge in [-0.25, -0.2) is 0 Å². The lowest BCUT2D eigenvalue weighted by Crippen LogP contribution is -2.37. The van der Waals surface area contributed by atoms with E-state index in [-0.39, 0.29) is 11.8 Å². The first-order valence-corrected chi connectivity index (χ1v) is 10.3. The Bertz CT molecular complexity index is 831. The Labute approximate surface area is 170 Å². The first kappa shape index (κ1) is 20.4. The molecular weight excluding hydrogens is 376 g/mol. The number of fused-ring (bicyclic) bond motifs is 1. The predicted molar refractivity (Wildman–Crippen MR) is 110 cm³/mol. The number of nitrogens with one attached hydrogen (secondary N) is 2. The Morgan fingerprint density at radius 3 is 2.75 bits per heavy atom. The molecule has 2 heterocycles. The highest BCUT2D eigenvalue weighted by Crippen LogP contribution is 2.22. The molecule has 1 aliphatic rings. The van der Waals surface area contributed by atoms with Gasteiger partial charge in [0, 0.05) is 42.2 Å². The first-order valence-electron chi connectivity index (χ1n) is 9.82. The molecule has 1 atom stereocenters. The number of hydrogen-bond acceptors (Lipinski definition) is 3. The fourth-order valence-corrected chi connectivity index (χ4v) is 3.48. The predicted octanol–water partition coefficient (Wildman–Crippen LogP) is 3.17. The molecule has 2 aromatic rings. The topological polar surface area (TPSA) is 78.1 Å². The van der Waals surface area contributed by atoms with Crippen molar-refractivity contribution in [3.63, 3.8) is 0 Å². The molecule has 3 rings (SSSR count). The normalized spacial score (nSPS) is 14.5. The molecule has 0 spiro atoms. The number of aromatic amines is 1. The number of amides is 2. The number of rotatable bonds is 7. The quantitative estimate of drug-likeness (QED) is 0.698. The van der Waals surface area contributed by atoms with Gasteiger partial charge in [-0.05, 0) is 30.0 Å². The number of carbonyl (C=O) groups is 2. The molecule has 0 unspecified atom stereocenters. The second-order valence-electron chi connectivity index (χ2n) is 7.37. The third kappa shape index (κ3) is 4.55. The molecule has 0 aliphatic carbocycles. The summed E-state index contributed by atoms with van der Waals surface area (Å²) in [6.45, 7) is 5.80. The molecule has 150 valence electrons. The Balaban J connectivity index is 1.70. The number of alkyl halides is 1. The standard InChI is InChI=1S/C21H27ClN4O2/c1-3-14(2)12-23-20(27)19-17-13-26(11-9-18(17)24-25-19)21(28)16-6-4-15(5-7-16)8-10-22/h4-7,14H,3,8-13H2,1-2H3,(H,23,27)(H,24,25)/t14-/m1/s1. The van der Waals surface area contributed by atoms with Crippen LogP contribution in [0.5, 0.6) is 0 Å². The monoisotopic (exact) mass is 402 g/mol. The smallest absolute Gasteiger partial charge is 0.272 e. The third-order valence-electron chi connectivity index (χ3n) is 5.33. The van der Waals surface area contributed by atoms with Crippen LogP contribution in [0, 0.1) is 5.92 Å². The van der Waals surface area contributed by atoms with Crippen molar-refractivity contribution < 1.29 is 9.59 Å². The number of H-pyrrole nitrogens is 1. The van der Waals surface area contributed by atoms with Gasteiger partial charge >= 0.3 is 0 Å². The van der Waals surface area contributed by atoms with E-state index in [0.717, 1.165) is 29.7 Å². The van der Waals surface area contributed by atoms with Crippen LogP contribution in [-0.4, -0.2) is 45.9 Å². The van der Waals surface area contributed by atoms with Gasteiger partial charge in [0.25, 0.3) is 11.8 Å². The van der Waals surface area contributed by atoms with E-state index in [1.807, 2.05) is 24.3 Å². The molecule has 2 N–H and O–H groups in total. The Hall–Kier alpha value is -2.34. The van der Waals surface area contributed by atoms with Gasteiger partial charge in [-0.2, -0.15) is 5.10 Å². The maximum Gasteiger partial charge on any atom is 0.272 e. The molecule has 28 heavy (non-hydrogen) atoms. The molecule has 2 amide bonds. The fourth-order valence-electron chi connectivity index (χ4n) is 3.26. The van der Waals surface area contributed by atoms with Gasteiger partial charge in [-0.15, -0.1) is 11.6 Å². The lowest BCUT2D eigenvalue weighted by atomic mass is 10.0. The number of halogens is 1. The van der Waals surface area contributed by atoms with Gasteiger partial charge in [0.1, 0.15) is 0 Å². The molecular formula is C21H27ClN4O2. The van der Waals surface area contributed by atoms with Crippen LogP contribution >= 0.6 is 11.6 Å².